The number of nitrogens with zero attached hydrogens (tertiary/aromatic N) is 4. The van der Waals surface area contributed by atoms with E-state index in [4.69, 9.17) is 6.57 Å². The summed E-state index contributed by atoms with van der Waals surface area (Å²) in [7, 11) is 0. The van der Waals surface area contributed by atoms with E-state index in [1.165, 1.54) is 0 Å². The third-order valence-corrected chi connectivity index (χ3v) is 3.68. The van der Waals surface area contributed by atoms with Crippen molar-refractivity contribution < 1.29 is 0 Å². The summed E-state index contributed by atoms with van der Waals surface area (Å²) in [6.07, 6.45) is 5.33. The van der Waals surface area contributed by atoms with Crippen LogP contribution in [0.15, 0.2) is 61.1 Å². The van der Waals surface area contributed by atoms with Gasteiger partial charge in [0.05, 0.1) is 11.7 Å². The molecule has 23 heavy (non-hydrogen) atoms. The summed E-state index contributed by atoms with van der Waals surface area (Å²) >= 11 is 0. The van der Waals surface area contributed by atoms with Crippen LogP contribution in [0, 0.1) is 6.57 Å². The Morgan fingerprint density at radius 3 is 2.83 bits per heavy atom. The average molecular weight is 297 g/mol. The van der Waals surface area contributed by atoms with Gasteiger partial charge in [-0.3, -0.25) is 10.1 Å². The first kappa shape index (κ1) is 13.2. The summed E-state index contributed by atoms with van der Waals surface area (Å²) < 4.78 is 0. The summed E-state index contributed by atoms with van der Waals surface area (Å²) in [6.45, 7) is 7.21. The van der Waals surface area contributed by atoms with Crippen LogP contribution in [0.1, 0.15) is 0 Å². The fourth-order valence-electron chi connectivity index (χ4n) is 2.58. The zero-order valence-corrected chi connectivity index (χ0v) is 12.1. The van der Waals surface area contributed by atoms with Crippen LogP contribution in [0.4, 0.5) is 5.82 Å². The number of hydrogen-bond donors (Lipinski definition) is 1. The Labute approximate surface area is 132 Å². The largest absolute Gasteiger partial charge is 0.361 e. The van der Waals surface area contributed by atoms with E-state index in [0.717, 1.165) is 33.3 Å². The molecule has 0 spiro atoms. The Balaban J connectivity index is 1.97. The minimum Gasteiger partial charge on any atom is -0.361 e. The second kappa shape index (κ2) is 5.35. The van der Waals surface area contributed by atoms with Crippen molar-refractivity contribution in [3.63, 3.8) is 0 Å². The van der Waals surface area contributed by atoms with E-state index in [1.807, 2.05) is 42.6 Å². The predicted octanol–water partition coefficient (Wildman–Crippen LogP) is 4.24. The first-order chi connectivity index (χ1) is 11.3. The molecule has 0 unspecified atom stereocenters. The van der Waals surface area contributed by atoms with E-state index in [9.17, 15) is 0 Å². The van der Waals surface area contributed by atoms with Crippen molar-refractivity contribution in [1.29, 1.82) is 0 Å². The molecule has 0 aliphatic carbocycles. The van der Waals surface area contributed by atoms with Crippen LogP contribution in [-0.2, 0) is 0 Å². The molecule has 108 valence electrons. The maximum absolute atomic E-state index is 7.21. The van der Waals surface area contributed by atoms with Gasteiger partial charge in [-0.25, -0.2) is 0 Å². The fraction of sp³-hybridized carbons (Fsp3) is 0. The lowest BCUT2D eigenvalue weighted by Gasteiger charge is -2.06. The van der Waals surface area contributed by atoms with Gasteiger partial charge >= 0.3 is 0 Å². The summed E-state index contributed by atoms with van der Waals surface area (Å²) in [5, 5.41) is 7.89. The Morgan fingerprint density at radius 1 is 1.04 bits per heavy atom. The van der Waals surface area contributed by atoms with Crippen molar-refractivity contribution >= 4 is 16.7 Å². The third-order valence-electron chi connectivity index (χ3n) is 3.68. The highest BCUT2D eigenvalue weighted by Crippen LogP contribution is 2.33. The standard InChI is InChI=1S/C18H11N5/c1-19-17-7-6-15(14-10-21-22-11-14)18(23-17)13-5-4-12-3-2-8-20-16(12)9-13/h2-11H,(H,21,22). The molecule has 0 saturated heterocycles. The molecule has 1 aromatic carbocycles. The maximum Gasteiger partial charge on any atom is 0.270 e. The smallest absolute Gasteiger partial charge is 0.270 e. The lowest BCUT2D eigenvalue weighted by atomic mass is 10.0. The second-order valence-electron chi connectivity index (χ2n) is 5.08. The first-order valence-electron chi connectivity index (χ1n) is 7.08. The van der Waals surface area contributed by atoms with E-state index >= 15 is 0 Å². The monoisotopic (exact) mass is 297 g/mol. The minimum atomic E-state index is 0.369. The van der Waals surface area contributed by atoms with Crippen LogP contribution in [0.2, 0.25) is 0 Å². The van der Waals surface area contributed by atoms with Crippen LogP contribution in [-0.4, -0.2) is 20.2 Å². The number of benzene rings is 1. The molecule has 5 nitrogen and oxygen atoms in total. The van der Waals surface area contributed by atoms with Gasteiger partial charge < -0.3 is 4.85 Å². The Hall–Kier alpha value is -3.52. The molecule has 4 aromatic rings. The Bertz CT molecular complexity index is 1030. The van der Waals surface area contributed by atoms with Crippen molar-refractivity contribution in [2.24, 2.45) is 0 Å². The number of aromatic nitrogens is 4. The summed E-state index contributed by atoms with van der Waals surface area (Å²) in [5.41, 5.74) is 4.45. The van der Waals surface area contributed by atoms with E-state index in [1.54, 1.807) is 18.5 Å². The molecule has 4 rings (SSSR count). The molecule has 0 fully saturated rings. The predicted molar refractivity (Wildman–Crippen MR) is 88.8 cm³/mol. The van der Waals surface area contributed by atoms with Gasteiger partial charge in [0.15, 0.2) is 5.69 Å². The van der Waals surface area contributed by atoms with Crippen molar-refractivity contribution in [3.05, 3.63) is 72.5 Å². The van der Waals surface area contributed by atoms with Crippen molar-refractivity contribution in [2.75, 3.05) is 0 Å². The third kappa shape index (κ3) is 2.32. The lowest BCUT2D eigenvalue weighted by molar-refractivity contribution is 1.09. The van der Waals surface area contributed by atoms with Gasteiger partial charge in [0.1, 0.15) is 0 Å². The molecule has 3 heterocycles. The van der Waals surface area contributed by atoms with E-state index < -0.39 is 0 Å². The van der Waals surface area contributed by atoms with Crippen molar-refractivity contribution in [3.8, 4) is 22.4 Å². The number of pyridine rings is 2. The molecular formula is C18H11N5. The van der Waals surface area contributed by atoms with Crippen molar-refractivity contribution in [1.82, 2.24) is 20.2 Å². The quantitative estimate of drug-likeness (QED) is 0.563. The summed E-state index contributed by atoms with van der Waals surface area (Å²) in [6, 6.07) is 13.6. The highest BCUT2D eigenvalue weighted by Gasteiger charge is 2.15. The number of H-pyrrole nitrogens is 1. The zero-order valence-electron chi connectivity index (χ0n) is 12.1. The normalized spacial score (nSPS) is 10.6. The maximum atomic E-state index is 7.21. The topological polar surface area (TPSA) is 58.8 Å². The summed E-state index contributed by atoms with van der Waals surface area (Å²) in [5.74, 6) is 0.369. The SMILES string of the molecule is [C-]#[N+]c1ccc(-c2cn[nH]c2)c(-c2ccc3cccnc3c2)n1. The van der Waals surface area contributed by atoms with Crippen LogP contribution in [0.25, 0.3) is 38.1 Å². The number of rotatable bonds is 2. The van der Waals surface area contributed by atoms with E-state index in [2.05, 4.69) is 25.0 Å². The van der Waals surface area contributed by atoms with Gasteiger partial charge in [-0.15, -0.1) is 4.98 Å². The van der Waals surface area contributed by atoms with E-state index in [0.29, 0.717) is 5.82 Å². The molecule has 0 saturated carbocycles. The van der Waals surface area contributed by atoms with Gasteiger partial charge in [0.2, 0.25) is 0 Å². The number of aromatic amines is 1. The fourth-order valence-corrected chi connectivity index (χ4v) is 2.58. The molecular weight excluding hydrogens is 286 g/mol. The van der Waals surface area contributed by atoms with Gasteiger partial charge in [0.25, 0.3) is 5.82 Å². The molecule has 0 aliphatic rings. The summed E-state index contributed by atoms with van der Waals surface area (Å²) in [4.78, 5) is 12.3. The van der Waals surface area contributed by atoms with E-state index in [-0.39, 0.29) is 0 Å². The highest BCUT2D eigenvalue weighted by molar-refractivity contribution is 5.88. The molecule has 1 N–H and O–H groups in total. The molecule has 3 aromatic heterocycles. The van der Waals surface area contributed by atoms with Crippen molar-refractivity contribution in [2.45, 2.75) is 0 Å². The Morgan fingerprint density at radius 2 is 2.00 bits per heavy atom. The molecule has 0 radical (unpaired) electrons. The molecule has 0 aliphatic heterocycles. The highest BCUT2D eigenvalue weighted by atomic mass is 15.1. The zero-order chi connectivity index (χ0) is 15.6. The lowest BCUT2D eigenvalue weighted by Crippen LogP contribution is -1.89. The Kier molecular flexibility index (Phi) is 3.06. The van der Waals surface area contributed by atoms with Gasteiger partial charge in [-0.05, 0) is 24.3 Å². The average Bonchev–Trinajstić information content (AvgIpc) is 3.15. The first-order valence-corrected chi connectivity index (χ1v) is 7.08. The number of fused-ring (bicyclic) bond motifs is 1. The molecule has 0 amide bonds. The molecule has 5 heteroatoms. The van der Waals surface area contributed by atoms with Crippen LogP contribution in [0.3, 0.4) is 0 Å². The van der Waals surface area contributed by atoms with Crippen LogP contribution < -0.4 is 0 Å². The van der Waals surface area contributed by atoms with Gasteiger partial charge in [-0.1, -0.05) is 24.8 Å². The number of hydrogen-bond acceptors (Lipinski definition) is 3. The minimum absolute atomic E-state index is 0.369. The van der Waals surface area contributed by atoms with Gasteiger partial charge in [-0.2, -0.15) is 5.10 Å². The van der Waals surface area contributed by atoms with Crippen LogP contribution >= 0.6 is 0 Å². The molecule has 0 atom stereocenters. The van der Waals surface area contributed by atoms with Crippen LogP contribution in [0.5, 0.6) is 0 Å². The number of nitrogens with one attached hydrogen (secondary N) is 1. The molecule has 0 bridgehead atoms. The van der Waals surface area contributed by atoms with Gasteiger partial charge in [0, 0.05) is 34.5 Å². The second-order valence-corrected chi connectivity index (χ2v) is 5.08.